The van der Waals surface area contributed by atoms with Gasteiger partial charge in [0.25, 0.3) is 0 Å². The van der Waals surface area contributed by atoms with Crippen LogP contribution in [0, 0.1) is 5.92 Å². The smallest absolute Gasteiger partial charge is 0.249 e. The molecule has 0 aromatic rings. The highest BCUT2D eigenvalue weighted by Crippen LogP contribution is 2.26. The Kier molecular flexibility index (Phi) is 8.07. The van der Waals surface area contributed by atoms with Gasteiger partial charge in [-0.1, -0.05) is 26.7 Å². The first-order valence-electron chi connectivity index (χ1n) is 7.75. The van der Waals surface area contributed by atoms with Gasteiger partial charge in [0.05, 0.1) is 6.10 Å². The molecule has 1 rings (SSSR count). The maximum Gasteiger partial charge on any atom is 0.249 e. The molecule has 1 saturated carbocycles. The minimum Gasteiger partial charge on any atom is -0.365 e. The summed E-state index contributed by atoms with van der Waals surface area (Å²) in [4.78, 5) is 12.0. The summed E-state index contributed by atoms with van der Waals surface area (Å²) < 4.78 is 6.00. The summed E-state index contributed by atoms with van der Waals surface area (Å²) in [5.41, 5.74) is 0. The molecule has 112 valence electrons. The number of hydrogen-bond donors (Lipinski definition) is 2. The number of carbonyl (C=O) groups excluding carboxylic acids is 1. The molecular weight excluding hydrogens is 240 g/mol. The predicted octanol–water partition coefficient (Wildman–Crippen LogP) is 2.09. The molecule has 3 atom stereocenters. The van der Waals surface area contributed by atoms with Gasteiger partial charge in [0.15, 0.2) is 0 Å². The van der Waals surface area contributed by atoms with E-state index in [9.17, 15) is 4.79 Å². The Labute approximate surface area is 117 Å². The molecule has 4 nitrogen and oxygen atoms in total. The molecule has 1 aliphatic rings. The molecular formula is C15H30N2O2. The normalized spacial score (nSPS) is 25.0. The molecule has 1 amide bonds. The van der Waals surface area contributed by atoms with Crippen LogP contribution in [-0.4, -0.2) is 38.3 Å². The third-order valence-electron chi connectivity index (χ3n) is 3.81. The van der Waals surface area contributed by atoms with Gasteiger partial charge >= 0.3 is 0 Å². The third-order valence-corrected chi connectivity index (χ3v) is 3.81. The van der Waals surface area contributed by atoms with Crippen molar-refractivity contribution in [1.29, 1.82) is 0 Å². The molecule has 2 N–H and O–H groups in total. The standard InChI is InChI=1S/C15H30N2O2/c1-4-14(15(18)17-10-6-9-16-3)19-13-8-5-7-12(2)11-13/h12-14,16H,4-11H2,1-3H3,(H,17,18). The van der Waals surface area contributed by atoms with E-state index in [1.54, 1.807) is 0 Å². The molecule has 0 aromatic carbocycles. The second kappa shape index (κ2) is 9.32. The summed E-state index contributed by atoms with van der Waals surface area (Å²) in [7, 11) is 1.92. The highest BCUT2D eigenvalue weighted by Gasteiger charge is 2.25. The first-order chi connectivity index (χ1) is 9.17. The van der Waals surface area contributed by atoms with Crippen molar-refractivity contribution in [3.05, 3.63) is 0 Å². The van der Waals surface area contributed by atoms with Crippen molar-refractivity contribution in [3.8, 4) is 0 Å². The molecule has 0 bridgehead atoms. The van der Waals surface area contributed by atoms with Gasteiger partial charge < -0.3 is 15.4 Å². The first kappa shape index (κ1) is 16.4. The van der Waals surface area contributed by atoms with Crippen molar-refractivity contribution in [2.45, 2.75) is 64.6 Å². The summed E-state index contributed by atoms with van der Waals surface area (Å²) in [5, 5.41) is 6.04. The van der Waals surface area contributed by atoms with Crippen LogP contribution in [0.5, 0.6) is 0 Å². The van der Waals surface area contributed by atoms with Crippen molar-refractivity contribution in [2.24, 2.45) is 5.92 Å². The van der Waals surface area contributed by atoms with Gasteiger partial charge in [-0.15, -0.1) is 0 Å². The van der Waals surface area contributed by atoms with E-state index in [0.717, 1.165) is 44.7 Å². The fourth-order valence-corrected chi connectivity index (χ4v) is 2.67. The highest BCUT2D eigenvalue weighted by molar-refractivity contribution is 5.80. The number of amides is 1. The van der Waals surface area contributed by atoms with E-state index in [0.29, 0.717) is 0 Å². The van der Waals surface area contributed by atoms with Crippen LogP contribution in [0.15, 0.2) is 0 Å². The summed E-state index contributed by atoms with van der Waals surface area (Å²) in [6, 6.07) is 0. The van der Waals surface area contributed by atoms with E-state index in [1.807, 2.05) is 14.0 Å². The van der Waals surface area contributed by atoms with Gasteiger partial charge in [-0.05, 0) is 45.2 Å². The molecule has 19 heavy (non-hydrogen) atoms. The van der Waals surface area contributed by atoms with Crippen LogP contribution >= 0.6 is 0 Å². The zero-order valence-corrected chi connectivity index (χ0v) is 12.7. The average molecular weight is 270 g/mol. The van der Waals surface area contributed by atoms with E-state index in [4.69, 9.17) is 4.74 Å². The summed E-state index contributed by atoms with van der Waals surface area (Å²) in [6.45, 7) is 5.94. The van der Waals surface area contributed by atoms with E-state index < -0.39 is 0 Å². The Balaban J connectivity index is 2.28. The molecule has 0 spiro atoms. The Morgan fingerprint density at radius 1 is 1.37 bits per heavy atom. The summed E-state index contributed by atoms with van der Waals surface area (Å²) in [5.74, 6) is 0.784. The van der Waals surface area contributed by atoms with Crippen LogP contribution in [0.25, 0.3) is 0 Å². The van der Waals surface area contributed by atoms with Crippen LogP contribution in [-0.2, 0) is 9.53 Å². The van der Waals surface area contributed by atoms with Gasteiger partial charge in [0, 0.05) is 6.54 Å². The van der Waals surface area contributed by atoms with Gasteiger partial charge in [0.1, 0.15) is 6.10 Å². The predicted molar refractivity (Wildman–Crippen MR) is 78.1 cm³/mol. The van der Waals surface area contributed by atoms with Crippen LogP contribution in [0.1, 0.15) is 52.4 Å². The lowest BCUT2D eigenvalue weighted by atomic mass is 9.88. The van der Waals surface area contributed by atoms with E-state index >= 15 is 0 Å². The Bertz CT molecular complexity index is 259. The number of ether oxygens (including phenoxy) is 1. The number of carbonyl (C=O) groups is 1. The van der Waals surface area contributed by atoms with Gasteiger partial charge in [-0.25, -0.2) is 0 Å². The van der Waals surface area contributed by atoms with Crippen molar-refractivity contribution in [1.82, 2.24) is 10.6 Å². The summed E-state index contributed by atoms with van der Waals surface area (Å²) in [6.07, 6.45) is 6.44. The third kappa shape index (κ3) is 6.39. The van der Waals surface area contributed by atoms with Crippen molar-refractivity contribution >= 4 is 5.91 Å². The van der Waals surface area contributed by atoms with Crippen LogP contribution < -0.4 is 10.6 Å². The lowest BCUT2D eigenvalue weighted by molar-refractivity contribution is -0.139. The Morgan fingerprint density at radius 2 is 2.16 bits per heavy atom. The Hall–Kier alpha value is -0.610. The SMILES string of the molecule is CCC(OC1CCCC(C)C1)C(=O)NCCCNC. The maximum atomic E-state index is 12.0. The van der Waals surface area contributed by atoms with Crippen molar-refractivity contribution in [2.75, 3.05) is 20.1 Å². The molecule has 3 unspecified atom stereocenters. The quantitative estimate of drug-likeness (QED) is 0.664. The number of rotatable bonds is 8. The molecule has 0 saturated heterocycles. The van der Waals surface area contributed by atoms with Gasteiger partial charge in [0.2, 0.25) is 5.91 Å². The topological polar surface area (TPSA) is 50.4 Å². The molecule has 1 fully saturated rings. The van der Waals surface area contributed by atoms with Crippen molar-refractivity contribution in [3.63, 3.8) is 0 Å². The fourth-order valence-electron chi connectivity index (χ4n) is 2.67. The summed E-state index contributed by atoms with van der Waals surface area (Å²) >= 11 is 0. The minimum atomic E-state index is -0.273. The zero-order chi connectivity index (χ0) is 14.1. The number of hydrogen-bond acceptors (Lipinski definition) is 3. The van der Waals surface area contributed by atoms with E-state index in [1.165, 1.54) is 12.8 Å². The molecule has 0 aromatic heterocycles. The lowest BCUT2D eigenvalue weighted by Gasteiger charge is -2.29. The second-order valence-electron chi connectivity index (χ2n) is 5.67. The van der Waals surface area contributed by atoms with E-state index in [2.05, 4.69) is 17.6 Å². The van der Waals surface area contributed by atoms with Gasteiger partial charge in [-0.3, -0.25) is 4.79 Å². The Morgan fingerprint density at radius 3 is 2.79 bits per heavy atom. The molecule has 0 radical (unpaired) electrons. The molecule has 4 heteroatoms. The van der Waals surface area contributed by atoms with Gasteiger partial charge in [-0.2, -0.15) is 0 Å². The molecule has 1 aliphatic carbocycles. The lowest BCUT2D eigenvalue weighted by Crippen LogP contribution is -2.40. The average Bonchev–Trinajstić information content (AvgIpc) is 2.41. The fraction of sp³-hybridized carbons (Fsp3) is 0.933. The maximum absolute atomic E-state index is 12.0. The van der Waals surface area contributed by atoms with Crippen LogP contribution in [0.4, 0.5) is 0 Å². The minimum absolute atomic E-state index is 0.0526. The highest BCUT2D eigenvalue weighted by atomic mass is 16.5. The van der Waals surface area contributed by atoms with Crippen molar-refractivity contribution < 1.29 is 9.53 Å². The number of nitrogens with one attached hydrogen (secondary N) is 2. The van der Waals surface area contributed by atoms with Crippen LogP contribution in [0.3, 0.4) is 0 Å². The monoisotopic (exact) mass is 270 g/mol. The molecule has 0 aliphatic heterocycles. The second-order valence-corrected chi connectivity index (χ2v) is 5.67. The largest absolute Gasteiger partial charge is 0.365 e. The van der Waals surface area contributed by atoms with Crippen LogP contribution in [0.2, 0.25) is 0 Å². The first-order valence-corrected chi connectivity index (χ1v) is 7.75. The molecule has 0 heterocycles. The van der Waals surface area contributed by atoms with E-state index in [-0.39, 0.29) is 18.1 Å². The zero-order valence-electron chi connectivity index (χ0n) is 12.7.